The maximum atomic E-state index is 13.2. The van der Waals surface area contributed by atoms with Crippen LogP contribution in [0, 0.1) is 5.82 Å². The van der Waals surface area contributed by atoms with E-state index in [-0.39, 0.29) is 5.69 Å². The van der Waals surface area contributed by atoms with Gasteiger partial charge in [-0.1, -0.05) is 6.07 Å². The minimum atomic E-state index is -1.26. The van der Waals surface area contributed by atoms with E-state index in [1.807, 2.05) is 0 Å². The Hall–Kier alpha value is -1.43. The molecule has 0 aliphatic carbocycles. The summed E-state index contributed by atoms with van der Waals surface area (Å²) in [5, 5.41) is 10.5. The largest absolute Gasteiger partial charge is 0.481 e. The number of amides is 1. The third-order valence-electron chi connectivity index (χ3n) is 1.54. The minimum absolute atomic E-state index is 0.0521. The van der Waals surface area contributed by atoms with Crippen molar-refractivity contribution in [2.45, 2.75) is 6.42 Å². The van der Waals surface area contributed by atoms with Crippen molar-refractivity contribution in [1.29, 1.82) is 0 Å². The van der Waals surface area contributed by atoms with E-state index < -0.39 is 24.1 Å². The molecule has 0 aromatic heterocycles. The van der Waals surface area contributed by atoms with E-state index in [4.69, 9.17) is 5.11 Å². The third kappa shape index (κ3) is 3.32. The van der Waals surface area contributed by atoms with Gasteiger partial charge in [0.1, 0.15) is 12.2 Å². The van der Waals surface area contributed by atoms with E-state index in [2.05, 4.69) is 21.2 Å². The molecule has 0 saturated carbocycles. The number of para-hydroxylation sites is 1. The number of rotatable bonds is 3. The molecule has 1 aromatic rings. The van der Waals surface area contributed by atoms with E-state index in [0.29, 0.717) is 4.47 Å². The predicted octanol–water partition coefficient (Wildman–Crippen LogP) is 2.00. The van der Waals surface area contributed by atoms with Gasteiger partial charge >= 0.3 is 5.97 Å². The third-order valence-corrected chi connectivity index (χ3v) is 2.20. The summed E-state index contributed by atoms with van der Waals surface area (Å²) in [7, 11) is 0. The summed E-state index contributed by atoms with van der Waals surface area (Å²) in [4.78, 5) is 21.3. The van der Waals surface area contributed by atoms with Gasteiger partial charge in [-0.2, -0.15) is 0 Å². The number of halogens is 2. The maximum Gasteiger partial charge on any atom is 0.312 e. The Balaban J connectivity index is 2.80. The maximum absolute atomic E-state index is 13.2. The molecule has 80 valence electrons. The monoisotopic (exact) mass is 275 g/mol. The molecule has 0 heterocycles. The van der Waals surface area contributed by atoms with E-state index in [9.17, 15) is 14.0 Å². The summed E-state index contributed by atoms with van der Waals surface area (Å²) in [5.74, 6) is -2.66. The van der Waals surface area contributed by atoms with Crippen LogP contribution in [0.15, 0.2) is 22.7 Å². The van der Waals surface area contributed by atoms with Crippen molar-refractivity contribution in [3.63, 3.8) is 0 Å². The summed E-state index contributed by atoms with van der Waals surface area (Å²) < 4.78 is 13.5. The summed E-state index contributed by atoms with van der Waals surface area (Å²) in [6.07, 6.45) is -0.694. The topological polar surface area (TPSA) is 66.4 Å². The van der Waals surface area contributed by atoms with Crippen LogP contribution in [0.1, 0.15) is 6.42 Å². The number of carboxylic acid groups (broad SMARTS) is 1. The Kier molecular flexibility index (Phi) is 3.79. The molecule has 0 radical (unpaired) electrons. The van der Waals surface area contributed by atoms with Crippen LogP contribution in [0.2, 0.25) is 0 Å². The Labute approximate surface area is 93.2 Å². The molecule has 0 unspecified atom stereocenters. The van der Waals surface area contributed by atoms with Gasteiger partial charge in [-0.15, -0.1) is 0 Å². The number of hydrogen-bond donors (Lipinski definition) is 2. The molecule has 0 aliphatic heterocycles. The highest BCUT2D eigenvalue weighted by Gasteiger charge is 2.12. The summed E-state index contributed by atoms with van der Waals surface area (Å²) in [6, 6.07) is 4.17. The molecule has 0 aliphatic rings. The quantitative estimate of drug-likeness (QED) is 0.830. The normalized spacial score (nSPS) is 9.73. The van der Waals surface area contributed by atoms with Gasteiger partial charge in [0.2, 0.25) is 5.91 Å². The van der Waals surface area contributed by atoms with Gasteiger partial charge in [0.25, 0.3) is 0 Å². The van der Waals surface area contributed by atoms with Crippen molar-refractivity contribution in [2.24, 2.45) is 0 Å². The highest BCUT2D eigenvalue weighted by atomic mass is 79.9. The van der Waals surface area contributed by atoms with E-state index in [0.717, 1.165) is 0 Å². The molecule has 4 nitrogen and oxygen atoms in total. The number of hydrogen-bond acceptors (Lipinski definition) is 2. The SMILES string of the molecule is O=C(O)CC(=O)Nc1c(F)cccc1Br. The number of carboxylic acids is 1. The van der Waals surface area contributed by atoms with Crippen molar-refractivity contribution in [3.8, 4) is 0 Å². The highest BCUT2D eigenvalue weighted by Crippen LogP contribution is 2.25. The van der Waals surface area contributed by atoms with Crippen molar-refractivity contribution in [1.82, 2.24) is 0 Å². The lowest BCUT2D eigenvalue weighted by molar-refractivity contribution is -0.139. The van der Waals surface area contributed by atoms with E-state index in [1.54, 1.807) is 6.07 Å². The molecule has 0 saturated heterocycles. The van der Waals surface area contributed by atoms with Crippen molar-refractivity contribution < 1.29 is 19.1 Å². The van der Waals surface area contributed by atoms with Crippen LogP contribution in [-0.2, 0) is 9.59 Å². The number of aliphatic carboxylic acids is 1. The fraction of sp³-hybridized carbons (Fsp3) is 0.111. The van der Waals surface area contributed by atoms with E-state index >= 15 is 0 Å². The molecular formula is C9H7BrFNO3. The van der Waals surface area contributed by atoms with Crippen LogP contribution in [0.4, 0.5) is 10.1 Å². The first-order chi connectivity index (χ1) is 7.00. The van der Waals surface area contributed by atoms with Crippen LogP contribution < -0.4 is 5.32 Å². The number of nitrogens with one attached hydrogen (secondary N) is 1. The first kappa shape index (κ1) is 11.6. The summed E-state index contributed by atoms with van der Waals surface area (Å²) in [5.41, 5.74) is -0.0521. The second-order valence-electron chi connectivity index (χ2n) is 2.72. The van der Waals surface area contributed by atoms with Gasteiger partial charge in [0.15, 0.2) is 0 Å². The molecule has 0 fully saturated rings. The van der Waals surface area contributed by atoms with Crippen LogP contribution in [0.3, 0.4) is 0 Å². The highest BCUT2D eigenvalue weighted by molar-refractivity contribution is 9.10. The molecule has 0 bridgehead atoms. The molecule has 1 rings (SSSR count). The second kappa shape index (κ2) is 4.88. The molecule has 2 N–H and O–H groups in total. The standard InChI is InChI=1S/C9H7BrFNO3/c10-5-2-1-3-6(11)9(5)12-7(13)4-8(14)15/h1-3H,4H2,(H,12,13)(H,14,15). The molecule has 1 amide bonds. The smallest absolute Gasteiger partial charge is 0.312 e. The van der Waals surface area contributed by atoms with Crippen LogP contribution >= 0.6 is 15.9 Å². The second-order valence-corrected chi connectivity index (χ2v) is 3.57. The zero-order valence-electron chi connectivity index (χ0n) is 7.46. The summed E-state index contributed by atoms with van der Waals surface area (Å²) >= 11 is 3.04. The lowest BCUT2D eigenvalue weighted by Crippen LogP contribution is -2.17. The van der Waals surface area contributed by atoms with Crippen LogP contribution in [0.25, 0.3) is 0 Å². The molecular weight excluding hydrogens is 269 g/mol. The Morgan fingerprint density at radius 2 is 2.13 bits per heavy atom. The number of carbonyl (C=O) groups excluding carboxylic acids is 1. The van der Waals surface area contributed by atoms with Crippen molar-refractivity contribution in [2.75, 3.05) is 5.32 Å². The Morgan fingerprint density at radius 1 is 1.47 bits per heavy atom. The zero-order chi connectivity index (χ0) is 11.4. The summed E-state index contributed by atoms with van der Waals surface area (Å²) in [6.45, 7) is 0. The lowest BCUT2D eigenvalue weighted by atomic mass is 10.3. The predicted molar refractivity (Wildman–Crippen MR) is 55.0 cm³/mol. The average molecular weight is 276 g/mol. The number of benzene rings is 1. The Bertz CT molecular complexity index is 388. The molecule has 0 atom stereocenters. The van der Waals surface area contributed by atoms with Gasteiger partial charge in [0, 0.05) is 4.47 Å². The molecule has 0 spiro atoms. The van der Waals surface area contributed by atoms with E-state index in [1.165, 1.54) is 12.1 Å². The van der Waals surface area contributed by atoms with Crippen molar-refractivity contribution >= 4 is 33.5 Å². The minimum Gasteiger partial charge on any atom is -0.481 e. The van der Waals surface area contributed by atoms with Crippen LogP contribution in [0.5, 0.6) is 0 Å². The van der Waals surface area contributed by atoms with Gasteiger partial charge < -0.3 is 10.4 Å². The van der Waals surface area contributed by atoms with Crippen molar-refractivity contribution in [3.05, 3.63) is 28.5 Å². The fourth-order valence-corrected chi connectivity index (χ4v) is 1.38. The molecule has 15 heavy (non-hydrogen) atoms. The van der Waals surface area contributed by atoms with Gasteiger partial charge in [-0.3, -0.25) is 9.59 Å². The molecule has 1 aromatic carbocycles. The van der Waals surface area contributed by atoms with Gasteiger partial charge in [-0.05, 0) is 28.1 Å². The van der Waals surface area contributed by atoms with Gasteiger partial charge in [-0.25, -0.2) is 4.39 Å². The zero-order valence-corrected chi connectivity index (χ0v) is 9.04. The number of anilines is 1. The Morgan fingerprint density at radius 3 is 2.67 bits per heavy atom. The molecule has 6 heteroatoms. The number of carbonyl (C=O) groups is 2. The fourth-order valence-electron chi connectivity index (χ4n) is 0.938. The van der Waals surface area contributed by atoms with Gasteiger partial charge in [0.05, 0.1) is 5.69 Å². The average Bonchev–Trinajstić information content (AvgIpc) is 2.10. The lowest BCUT2D eigenvalue weighted by Gasteiger charge is -2.06. The van der Waals surface area contributed by atoms with Crippen LogP contribution in [-0.4, -0.2) is 17.0 Å². The first-order valence-corrected chi connectivity index (χ1v) is 4.75. The first-order valence-electron chi connectivity index (χ1n) is 3.96.